The van der Waals surface area contributed by atoms with Crippen molar-refractivity contribution in [1.29, 1.82) is 0 Å². The van der Waals surface area contributed by atoms with E-state index < -0.39 is 0 Å². The predicted octanol–water partition coefficient (Wildman–Crippen LogP) is 1.41. The third-order valence-corrected chi connectivity index (χ3v) is 3.21. The van der Waals surface area contributed by atoms with Gasteiger partial charge in [-0.15, -0.1) is 0 Å². The molecule has 1 aromatic heterocycles. The Kier molecular flexibility index (Phi) is 5.26. The van der Waals surface area contributed by atoms with Crippen molar-refractivity contribution in [2.75, 3.05) is 20.3 Å². The first kappa shape index (κ1) is 14.7. The summed E-state index contributed by atoms with van der Waals surface area (Å²) in [6.45, 7) is 4.08. The Morgan fingerprint density at radius 2 is 2.20 bits per heavy atom. The minimum Gasteiger partial charge on any atom is -0.383 e. The molecule has 0 aliphatic heterocycles. The summed E-state index contributed by atoms with van der Waals surface area (Å²) in [6.07, 6.45) is 2.78. The Labute approximate surface area is 118 Å². The monoisotopic (exact) mass is 275 g/mol. The van der Waals surface area contributed by atoms with Gasteiger partial charge in [-0.05, 0) is 19.0 Å². The molecule has 0 radical (unpaired) electrons. The minimum absolute atomic E-state index is 0.0532. The average Bonchev–Trinajstić information content (AvgIpc) is 2.48. The Morgan fingerprint density at radius 3 is 2.95 bits per heavy atom. The molecule has 2 aromatic rings. The van der Waals surface area contributed by atoms with Crippen LogP contribution in [0.4, 0.5) is 0 Å². The highest BCUT2D eigenvalue weighted by atomic mass is 16.5. The van der Waals surface area contributed by atoms with E-state index >= 15 is 0 Å². The Balaban J connectivity index is 2.23. The number of hydrogen-bond acceptors (Lipinski definition) is 4. The van der Waals surface area contributed by atoms with Gasteiger partial charge in [-0.3, -0.25) is 4.79 Å². The molecular weight excluding hydrogens is 254 g/mol. The molecule has 1 atom stereocenters. The fourth-order valence-corrected chi connectivity index (χ4v) is 2.19. The van der Waals surface area contributed by atoms with Crippen molar-refractivity contribution in [3.63, 3.8) is 0 Å². The van der Waals surface area contributed by atoms with Crippen LogP contribution < -0.4 is 10.9 Å². The van der Waals surface area contributed by atoms with E-state index in [0.717, 1.165) is 18.4 Å². The lowest BCUT2D eigenvalue weighted by Crippen LogP contribution is -2.40. The van der Waals surface area contributed by atoms with Gasteiger partial charge in [-0.25, -0.2) is 4.68 Å². The van der Waals surface area contributed by atoms with Gasteiger partial charge in [-0.1, -0.05) is 25.1 Å². The lowest BCUT2D eigenvalue weighted by atomic mass is 10.2. The van der Waals surface area contributed by atoms with Gasteiger partial charge in [0.2, 0.25) is 0 Å². The molecule has 0 fully saturated rings. The van der Waals surface area contributed by atoms with Crippen molar-refractivity contribution >= 4 is 10.8 Å². The molecule has 0 aliphatic carbocycles. The number of hydrogen-bond donors (Lipinski definition) is 1. The molecule has 5 heteroatoms. The number of aromatic nitrogens is 2. The summed E-state index contributed by atoms with van der Waals surface area (Å²) in [5.41, 5.74) is -0.0532. The zero-order valence-electron chi connectivity index (χ0n) is 12.0. The van der Waals surface area contributed by atoms with Gasteiger partial charge < -0.3 is 10.1 Å². The Morgan fingerprint density at radius 1 is 1.40 bits per heavy atom. The molecule has 108 valence electrons. The van der Waals surface area contributed by atoms with E-state index in [1.165, 1.54) is 4.68 Å². The highest BCUT2D eigenvalue weighted by Crippen LogP contribution is 2.06. The largest absolute Gasteiger partial charge is 0.383 e. The molecule has 5 nitrogen and oxygen atoms in total. The standard InChI is InChI=1S/C15H21N3O2/c1-3-8-16-13(11-20-2)10-18-15(19)14-7-5-4-6-12(14)9-17-18/h4-7,9,13,16H,3,8,10-11H2,1-2H3. The van der Waals surface area contributed by atoms with Gasteiger partial charge in [0, 0.05) is 12.5 Å². The van der Waals surface area contributed by atoms with Crippen molar-refractivity contribution in [1.82, 2.24) is 15.1 Å². The van der Waals surface area contributed by atoms with Crippen LogP contribution in [-0.4, -0.2) is 36.1 Å². The maximum absolute atomic E-state index is 12.4. The smallest absolute Gasteiger partial charge is 0.274 e. The van der Waals surface area contributed by atoms with Gasteiger partial charge >= 0.3 is 0 Å². The number of methoxy groups -OCH3 is 1. The average molecular weight is 275 g/mol. The lowest BCUT2D eigenvalue weighted by molar-refractivity contribution is 0.156. The van der Waals surface area contributed by atoms with E-state index in [-0.39, 0.29) is 11.6 Å². The summed E-state index contributed by atoms with van der Waals surface area (Å²) in [7, 11) is 1.66. The molecule has 2 rings (SSSR count). The molecule has 1 N–H and O–H groups in total. The van der Waals surface area contributed by atoms with Crippen molar-refractivity contribution < 1.29 is 4.74 Å². The first-order chi connectivity index (χ1) is 9.76. The summed E-state index contributed by atoms with van der Waals surface area (Å²) >= 11 is 0. The second-order valence-corrected chi connectivity index (χ2v) is 4.83. The molecule has 1 aromatic carbocycles. The fourth-order valence-electron chi connectivity index (χ4n) is 2.19. The van der Waals surface area contributed by atoms with Gasteiger partial charge in [0.1, 0.15) is 0 Å². The number of nitrogens with zero attached hydrogens (tertiary/aromatic N) is 2. The fraction of sp³-hybridized carbons (Fsp3) is 0.467. The molecule has 0 saturated heterocycles. The van der Waals surface area contributed by atoms with E-state index in [9.17, 15) is 4.79 Å². The molecule has 0 aliphatic rings. The van der Waals surface area contributed by atoms with Crippen molar-refractivity contribution in [2.45, 2.75) is 25.9 Å². The summed E-state index contributed by atoms with van der Waals surface area (Å²) < 4.78 is 6.70. The zero-order chi connectivity index (χ0) is 14.4. The maximum atomic E-state index is 12.4. The topological polar surface area (TPSA) is 56.1 Å². The normalized spacial score (nSPS) is 12.7. The predicted molar refractivity (Wildman–Crippen MR) is 80.0 cm³/mol. The summed E-state index contributed by atoms with van der Waals surface area (Å²) in [5.74, 6) is 0. The van der Waals surface area contributed by atoms with Crippen LogP contribution in [0.15, 0.2) is 35.3 Å². The van der Waals surface area contributed by atoms with E-state index in [1.54, 1.807) is 13.3 Å². The molecule has 0 saturated carbocycles. The highest BCUT2D eigenvalue weighted by Gasteiger charge is 2.11. The molecule has 0 spiro atoms. The van der Waals surface area contributed by atoms with E-state index in [2.05, 4.69) is 17.3 Å². The van der Waals surface area contributed by atoms with Crippen LogP contribution in [0, 0.1) is 0 Å². The number of ether oxygens (including phenoxy) is 1. The lowest BCUT2D eigenvalue weighted by Gasteiger charge is -2.18. The zero-order valence-corrected chi connectivity index (χ0v) is 12.0. The van der Waals surface area contributed by atoms with Crippen molar-refractivity contribution in [3.05, 3.63) is 40.8 Å². The maximum Gasteiger partial charge on any atom is 0.274 e. The van der Waals surface area contributed by atoms with Crippen LogP contribution in [0.3, 0.4) is 0 Å². The van der Waals surface area contributed by atoms with Gasteiger partial charge in [-0.2, -0.15) is 5.10 Å². The SMILES string of the molecule is CCCNC(COC)Cn1ncc2ccccc2c1=O. The van der Waals surface area contributed by atoms with Crippen LogP contribution >= 0.6 is 0 Å². The molecule has 0 amide bonds. The second kappa shape index (κ2) is 7.17. The minimum atomic E-state index is -0.0532. The van der Waals surface area contributed by atoms with Crippen LogP contribution in [0.5, 0.6) is 0 Å². The molecule has 1 heterocycles. The Bertz CT molecular complexity index is 609. The molecule has 0 bridgehead atoms. The Hall–Kier alpha value is -1.72. The van der Waals surface area contributed by atoms with Gasteiger partial charge in [0.25, 0.3) is 5.56 Å². The van der Waals surface area contributed by atoms with E-state index in [0.29, 0.717) is 18.5 Å². The summed E-state index contributed by atoms with van der Waals surface area (Å²) in [5, 5.41) is 9.19. The third-order valence-electron chi connectivity index (χ3n) is 3.21. The number of nitrogens with one attached hydrogen (secondary N) is 1. The highest BCUT2D eigenvalue weighted by molar-refractivity contribution is 5.80. The van der Waals surface area contributed by atoms with E-state index in [1.807, 2.05) is 24.3 Å². The number of fused-ring (bicyclic) bond motifs is 1. The van der Waals surface area contributed by atoms with Crippen molar-refractivity contribution in [3.8, 4) is 0 Å². The third kappa shape index (κ3) is 3.43. The molecule has 1 unspecified atom stereocenters. The second-order valence-electron chi connectivity index (χ2n) is 4.83. The summed E-state index contributed by atoms with van der Waals surface area (Å²) in [4.78, 5) is 12.4. The van der Waals surface area contributed by atoms with E-state index in [4.69, 9.17) is 4.74 Å². The first-order valence-corrected chi connectivity index (χ1v) is 6.93. The quantitative estimate of drug-likeness (QED) is 0.830. The van der Waals surface area contributed by atoms with Gasteiger partial charge in [0.05, 0.1) is 30.8 Å². The van der Waals surface area contributed by atoms with Crippen LogP contribution in [0.25, 0.3) is 10.8 Å². The molecule has 20 heavy (non-hydrogen) atoms. The van der Waals surface area contributed by atoms with Gasteiger partial charge in [0.15, 0.2) is 0 Å². The number of benzene rings is 1. The molecular formula is C15H21N3O2. The summed E-state index contributed by atoms with van der Waals surface area (Å²) in [6, 6.07) is 7.60. The number of rotatable bonds is 7. The van der Waals surface area contributed by atoms with Crippen LogP contribution in [0.1, 0.15) is 13.3 Å². The van der Waals surface area contributed by atoms with Crippen LogP contribution in [-0.2, 0) is 11.3 Å². The first-order valence-electron chi connectivity index (χ1n) is 6.93. The van der Waals surface area contributed by atoms with Crippen molar-refractivity contribution in [2.24, 2.45) is 0 Å². The van der Waals surface area contributed by atoms with Crippen LogP contribution in [0.2, 0.25) is 0 Å².